The van der Waals surface area contributed by atoms with E-state index in [-0.39, 0.29) is 17.4 Å². The van der Waals surface area contributed by atoms with Crippen molar-refractivity contribution < 1.29 is 23.4 Å². The number of carbonyl (C=O) groups excluding carboxylic acids is 1. The van der Waals surface area contributed by atoms with Crippen molar-refractivity contribution in [2.45, 2.75) is 13.5 Å². The molecule has 1 aliphatic rings. The lowest BCUT2D eigenvalue weighted by atomic mass is 10.1. The van der Waals surface area contributed by atoms with Crippen LogP contribution in [-0.2, 0) is 16.1 Å². The van der Waals surface area contributed by atoms with Gasteiger partial charge in [-0.1, -0.05) is 29.8 Å². The molecule has 5 nitrogen and oxygen atoms in total. The van der Waals surface area contributed by atoms with Crippen LogP contribution in [0, 0.1) is 5.82 Å². The molecular weight excluding hydrogens is 433 g/mol. The summed E-state index contributed by atoms with van der Waals surface area (Å²) in [4.78, 5) is 16.5. The quantitative estimate of drug-likeness (QED) is 0.336. The van der Waals surface area contributed by atoms with Crippen LogP contribution in [0.4, 0.5) is 4.39 Å². The Bertz CT molecular complexity index is 1190. The minimum absolute atomic E-state index is 0.134. The number of rotatable bonds is 7. The predicted molar refractivity (Wildman–Crippen MR) is 120 cm³/mol. The van der Waals surface area contributed by atoms with E-state index in [0.717, 1.165) is 5.56 Å². The number of ether oxygens (including phenoxy) is 3. The van der Waals surface area contributed by atoms with Crippen molar-refractivity contribution >= 4 is 29.5 Å². The van der Waals surface area contributed by atoms with Gasteiger partial charge in [0.15, 0.2) is 17.2 Å². The van der Waals surface area contributed by atoms with Gasteiger partial charge in [-0.3, -0.25) is 0 Å². The molecule has 0 fully saturated rings. The van der Waals surface area contributed by atoms with E-state index in [9.17, 15) is 9.18 Å². The first-order valence-corrected chi connectivity index (χ1v) is 10.3. The number of halogens is 2. The van der Waals surface area contributed by atoms with Gasteiger partial charge >= 0.3 is 5.97 Å². The Morgan fingerprint density at radius 1 is 1.00 bits per heavy atom. The molecule has 0 N–H and O–H groups in total. The van der Waals surface area contributed by atoms with Crippen molar-refractivity contribution in [1.82, 2.24) is 0 Å². The molecule has 7 heteroatoms. The zero-order valence-corrected chi connectivity index (χ0v) is 17.9. The summed E-state index contributed by atoms with van der Waals surface area (Å²) in [5, 5.41) is 0.664. The highest BCUT2D eigenvalue weighted by Gasteiger charge is 2.24. The molecule has 0 atom stereocenters. The van der Waals surface area contributed by atoms with Crippen LogP contribution < -0.4 is 9.47 Å². The first-order chi connectivity index (χ1) is 15.5. The van der Waals surface area contributed by atoms with E-state index in [1.54, 1.807) is 36.4 Å². The van der Waals surface area contributed by atoms with Crippen LogP contribution in [0.3, 0.4) is 0 Å². The maximum Gasteiger partial charge on any atom is 0.363 e. The van der Waals surface area contributed by atoms with Gasteiger partial charge in [0.2, 0.25) is 5.90 Å². The van der Waals surface area contributed by atoms with Gasteiger partial charge in [0, 0.05) is 10.6 Å². The lowest BCUT2D eigenvalue weighted by Crippen LogP contribution is -2.05. The number of nitrogens with zero attached hydrogens (tertiary/aromatic N) is 1. The first-order valence-electron chi connectivity index (χ1n) is 9.94. The summed E-state index contributed by atoms with van der Waals surface area (Å²) in [6.45, 7) is 2.68. The molecular formula is C25H19ClFNO4. The van der Waals surface area contributed by atoms with Gasteiger partial charge in [0.25, 0.3) is 0 Å². The Labute approximate surface area is 189 Å². The summed E-state index contributed by atoms with van der Waals surface area (Å²) in [6, 6.07) is 18.3. The van der Waals surface area contributed by atoms with Crippen molar-refractivity contribution in [3.8, 4) is 11.5 Å². The molecule has 0 radical (unpaired) electrons. The van der Waals surface area contributed by atoms with E-state index in [2.05, 4.69) is 4.99 Å². The molecule has 0 spiro atoms. The van der Waals surface area contributed by atoms with Gasteiger partial charge in [-0.15, -0.1) is 0 Å². The van der Waals surface area contributed by atoms with Crippen molar-refractivity contribution in [2.24, 2.45) is 4.99 Å². The lowest BCUT2D eigenvalue weighted by molar-refractivity contribution is -0.129. The van der Waals surface area contributed by atoms with Crippen LogP contribution in [0.5, 0.6) is 11.5 Å². The molecule has 3 aromatic carbocycles. The second-order valence-corrected chi connectivity index (χ2v) is 7.33. The van der Waals surface area contributed by atoms with Crippen molar-refractivity contribution in [2.75, 3.05) is 6.61 Å². The Morgan fingerprint density at radius 3 is 2.47 bits per heavy atom. The third-order valence-electron chi connectivity index (χ3n) is 4.59. The van der Waals surface area contributed by atoms with Crippen LogP contribution >= 0.6 is 11.6 Å². The third kappa shape index (κ3) is 5.15. The number of hydrogen-bond acceptors (Lipinski definition) is 5. The highest BCUT2D eigenvalue weighted by Crippen LogP contribution is 2.31. The van der Waals surface area contributed by atoms with Gasteiger partial charge in [0.1, 0.15) is 12.4 Å². The van der Waals surface area contributed by atoms with Crippen molar-refractivity contribution in [3.63, 3.8) is 0 Å². The fourth-order valence-electron chi connectivity index (χ4n) is 3.03. The number of hydrogen-bond donors (Lipinski definition) is 0. The number of cyclic esters (lactones) is 1. The van der Waals surface area contributed by atoms with Gasteiger partial charge in [-0.2, -0.15) is 0 Å². The molecule has 0 aliphatic carbocycles. The van der Waals surface area contributed by atoms with Crippen LogP contribution in [0.2, 0.25) is 5.02 Å². The second-order valence-electron chi connectivity index (χ2n) is 6.90. The van der Waals surface area contributed by atoms with E-state index < -0.39 is 5.97 Å². The largest absolute Gasteiger partial charge is 0.490 e. The summed E-state index contributed by atoms with van der Waals surface area (Å²) < 4.78 is 30.0. The van der Waals surface area contributed by atoms with Gasteiger partial charge in [-0.25, -0.2) is 14.2 Å². The molecule has 1 aliphatic heterocycles. The highest BCUT2D eigenvalue weighted by atomic mass is 35.5. The van der Waals surface area contributed by atoms with E-state index >= 15 is 0 Å². The summed E-state index contributed by atoms with van der Waals surface area (Å²) in [5.41, 5.74) is 2.33. The number of benzene rings is 3. The molecule has 4 rings (SSSR count). The summed E-state index contributed by atoms with van der Waals surface area (Å²) >= 11 is 5.92. The zero-order chi connectivity index (χ0) is 22.5. The molecule has 3 aromatic rings. The average molecular weight is 452 g/mol. The Morgan fingerprint density at radius 2 is 1.75 bits per heavy atom. The molecule has 1 heterocycles. The van der Waals surface area contributed by atoms with Gasteiger partial charge in [0.05, 0.1) is 6.61 Å². The van der Waals surface area contributed by atoms with E-state index in [1.165, 1.54) is 24.3 Å². The fraction of sp³-hybridized carbons (Fsp3) is 0.120. The summed E-state index contributed by atoms with van der Waals surface area (Å²) in [6.07, 6.45) is 1.60. The normalized spacial score (nSPS) is 14.3. The number of esters is 1. The maximum atomic E-state index is 13.1. The Hall–Kier alpha value is -3.64. The van der Waals surface area contributed by atoms with E-state index in [4.69, 9.17) is 25.8 Å². The smallest absolute Gasteiger partial charge is 0.363 e. The van der Waals surface area contributed by atoms with Gasteiger partial charge in [-0.05, 0) is 72.7 Å². The van der Waals surface area contributed by atoms with Crippen molar-refractivity contribution in [3.05, 3.63) is 100.0 Å². The van der Waals surface area contributed by atoms with Crippen LogP contribution in [0.15, 0.2) is 77.4 Å². The molecule has 0 unspecified atom stereocenters. The SMILES string of the molecule is CCOc1cc(C=C2N=C(c3ccc(F)cc3)OC2=O)ccc1OCc1ccc(Cl)cc1. The van der Waals surface area contributed by atoms with E-state index in [0.29, 0.717) is 40.9 Å². The lowest BCUT2D eigenvalue weighted by Gasteiger charge is -2.13. The van der Waals surface area contributed by atoms with Crippen LogP contribution in [-0.4, -0.2) is 18.5 Å². The van der Waals surface area contributed by atoms with Crippen molar-refractivity contribution in [1.29, 1.82) is 0 Å². The standard InChI is InChI=1S/C25H19ClFNO4/c1-2-30-23-14-17(5-12-22(23)31-15-16-3-8-19(26)9-4-16)13-21-25(29)32-24(28-21)18-6-10-20(27)11-7-18/h3-14H,2,15H2,1H3. The average Bonchev–Trinajstić information content (AvgIpc) is 3.15. The molecule has 0 amide bonds. The zero-order valence-electron chi connectivity index (χ0n) is 17.2. The minimum atomic E-state index is -0.578. The predicted octanol–water partition coefficient (Wildman–Crippen LogP) is 5.80. The number of aliphatic imine (C=N–C) groups is 1. The maximum absolute atomic E-state index is 13.1. The molecule has 0 saturated carbocycles. The molecule has 0 aromatic heterocycles. The molecule has 0 bridgehead atoms. The topological polar surface area (TPSA) is 57.1 Å². The number of carbonyl (C=O) groups is 1. The second kappa shape index (κ2) is 9.66. The van der Waals surface area contributed by atoms with Crippen LogP contribution in [0.1, 0.15) is 23.6 Å². The summed E-state index contributed by atoms with van der Waals surface area (Å²) in [5.74, 6) is 0.300. The molecule has 0 saturated heterocycles. The first kappa shape index (κ1) is 21.6. The van der Waals surface area contributed by atoms with E-state index in [1.807, 2.05) is 19.1 Å². The Balaban J connectivity index is 1.54. The fourth-order valence-corrected chi connectivity index (χ4v) is 3.15. The van der Waals surface area contributed by atoms with Gasteiger partial charge < -0.3 is 14.2 Å². The summed E-state index contributed by atoms with van der Waals surface area (Å²) in [7, 11) is 0. The molecule has 32 heavy (non-hydrogen) atoms. The monoisotopic (exact) mass is 451 g/mol. The Kier molecular flexibility index (Phi) is 6.52. The minimum Gasteiger partial charge on any atom is -0.490 e. The third-order valence-corrected chi connectivity index (χ3v) is 4.84. The van der Waals surface area contributed by atoms with Crippen LogP contribution in [0.25, 0.3) is 6.08 Å². The highest BCUT2D eigenvalue weighted by molar-refractivity contribution is 6.30. The molecule has 162 valence electrons.